The molecule has 1 heterocycles. The molecule has 5 heteroatoms. The van der Waals surface area contributed by atoms with Crippen LogP contribution in [0.3, 0.4) is 0 Å². The Morgan fingerprint density at radius 3 is 2.84 bits per heavy atom. The van der Waals surface area contributed by atoms with Crippen molar-refractivity contribution in [1.82, 2.24) is 0 Å². The first-order valence-electron chi connectivity index (χ1n) is 6.70. The molecule has 1 aliphatic rings. The van der Waals surface area contributed by atoms with Crippen LogP contribution in [-0.4, -0.2) is 30.2 Å². The number of carbonyl (C=O) groups excluding carboxylic acids is 1. The molecule has 1 atom stereocenters. The van der Waals surface area contributed by atoms with Crippen LogP contribution in [0.5, 0.6) is 0 Å². The summed E-state index contributed by atoms with van der Waals surface area (Å²) in [7, 11) is 0. The van der Waals surface area contributed by atoms with E-state index < -0.39 is 5.91 Å². The smallest absolute Gasteiger partial charge is 0.248 e. The van der Waals surface area contributed by atoms with Gasteiger partial charge in [-0.3, -0.25) is 4.79 Å². The van der Waals surface area contributed by atoms with Crippen LogP contribution >= 0.6 is 0 Å². The van der Waals surface area contributed by atoms with Crippen molar-refractivity contribution >= 4 is 17.3 Å². The fourth-order valence-electron chi connectivity index (χ4n) is 2.74. The topological polar surface area (TPSA) is 92.6 Å². The second kappa shape index (κ2) is 5.93. The average molecular weight is 263 g/mol. The summed E-state index contributed by atoms with van der Waals surface area (Å²) < 4.78 is 0. The first-order chi connectivity index (χ1) is 9.13. The third kappa shape index (κ3) is 2.98. The summed E-state index contributed by atoms with van der Waals surface area (Å²) in [6.45, 7) is 1.12. The van der Waals surface area contributed by atoms with E-state index in [1.54, 1.807) is 12.1 Å². The van der Waals surface area contributed by atoms with Gasteiger partial charge < -0.3 is 21.5 Å². The summed E-state index contributed by atoms with van der Waals surface area (Å²) in [5.74, 6) is -0.469. The van der Waals surface area contributed by atoms with E-state index in [4.69, 9.17) is 16.6 Å². The zero-order valence-corrected chi connectivity index (χ0v) is 11.0. The van der Waals surface area contributed by atoms with Crippen LogP contribution in [0.1, 0.15) is 36.0 Å². The van der Waals surface area contributed by atoms with Crippen molar-refractivity contribution in [3.63, 3.8) is 0 Å². The van der Waals surface area contributed by atoms with E-state index in [1.807, 2.05) is 6.07 Å². The molecule has 5 nitrogen and oxygen atoms in total. The Hall–Kier alpha value is -1.75. The van der Waals surface area contributed by atoms with E-state index in [1.165, 1.54) is 6.42 Å². The van der Waals surface area contributed by atoms with Crippen LogP contribution in [0, 0.1) is 0 Å². The van der Waals surface area contributed by atoms with Gasteiger partial charge in [0, 0.05) is 24.8 Å². The number of aliphatic hydroxyl groups is 1. The Morgan fingerprint density at radius 2 is 2.21 bits per heavy atom. The highest BCUT2D eigenvalue weighted by molar-refractivity contribution is 5.94. The number of primary amides is 1. The van der Waals surface area contributed by atoms with Crippen molar-refractivity contribution in [2.24, 2.45) is 5.73 Å². The number of nitrogens with two attached hydrogens (primary N) is 2. The molecule has 1 aliphatic heterocycles. The molecular formula is C14H21N3O2. The quantitative estimate of drug-likeness (QED) is 0.709. The van der Waals surface area contributed by atoms with E-state index in [9.17, 15) is 4.79 Å². The van der Waals surface area contributed by atoms with Crippen LogP contribution in [-0.2, 0) is 0 Å². The molecule has 0 bridgehead atoms. The highest BCUT2D eigenvalue weighted by Gasteiger charge is 2.23. The van der Waals surface area contributed by atoms with E-state index in [2.05, 4.69) is 4.90 Å². The van der Waals surface area contributed by atoms with E-state index in [-0.39, 0.29) is 6.61 Å². The van der Waals surface area contributed by atoms with Crippen LogP contribution < -0.4 is 16.4 Å². The maximum absolute atomic E-state index is 11.1. The summed E-state index contributed by atoms with van der Waals surface area (Å²) in [5, 5.41) is 9.15. The lowest BCUT2D eigenvalue weighted by Gasteiger charge is -2.38. The molecule has 0 spiro atoms. The van der Waals surface area contributed by atoms with Crippen molar-refractivity contribution in [3.8, 4) is 0 Å². The van der Waals surface area contributed by atoms with Crippen LogP contribution in [0.4, 0.5) is 11.4 Å². The van der Waals surface area contributed by atoms with Gasteiger partial charge in [0.25, 0.3) is 0 Å². The molecule has 2 rings (SSSR count). The normalized spacial score (nSPS) is 19.4. The van der Waals surface area contributed by atoms with Crippen molar-refractivity contribution < 1.29 is 9.90 Å². The monoisotopic (exact) mass is 263 g/mol. The van der Waals surface area contributed by atoms with Gasteiger partial charge in [-0.2, -0.15) is 0 Å². The SMILES string of the molecule is NC(=O)c1ccc(N2CCCCC2CCO)c(N)c1. The zero-order chi connectivity index (χ0) is 13.8. The van der Waals surface area contributed by atoms with Gasteiger partial charge in [0.2, 0.25) is 5.91 Å². The second-order valence-electron chi connectivity index (χ2n) is 4.99. The Morgan fingerprint density at radius 1 is 1.42 bits per heavy atom. The van der Waals surface area contributed by atoms with E-state index >= 15 is 0 Å². The zero-order valence-electron chi connectivity index (χ0n) is 11.0. The van der Waals surface area contributed by atoms with Crippen molar-refractivity contribution in [2.75, 3.05) is 23.8 Å². The van der Waals surface area contributed by atoms with Gasteiger partial charge in [-0.1, -0.05) is 0 Å². The molecule has 1 aromatic carbocycles. The molecule has 0 aromatic heterocycles. The van der Waals surface area contributed by atoms with Gasteiger partial charge in [0.05, 0.1) is 11.4 Å². The van der Waals surface area contributed by atoms with Crippen molar-refractivity contribution in [2.45, 2.75) is 31.7 Å². The molecule has 1 unspecified atom stereocenters. The van der Waals surface area contributed by atoms with Crippen molar-refractivity contribution in [3.05, 3.63) is 23.8 Å². The molecule has 1 amide bonds. The molecule has 0 radical (unpaired) electrons. The lowest BCUT2D eigenvalue weighted by Crippen LogP contribution is -2.40. The molecule has 0 saturated carbocycles. The number of hydrogen-bond acceptors (Lipinski definition) is 4. The Kier molecular flexibility index (Phi) is 4.27. The summed E-state index contributed by atoms with van der Waals surface area (Å²) >= 11 is 0. The minimum absolute atomic E-state index is 0.181. The average Bonchev–Trinajstić information content (AvgIpc) is 2.40. The maximum Gasteiger partial charge on any atom is 0.248 e. The summed E-state index contributed by atoms with van der Waals surface area (Å²) in [6, 6.07) is 5.51. The van der Waals surface area contributed by atoms with Crippen LogP contribution in [0.2, 0.25) is 0 Å². The number of nitrogens with zero attached hydrogens (tertiary/aromatic N) is 1. The van der Waals surface area contributed by atoms with Gasteiger partial charge in [-0.25, -0.2) is 0 Å². The third-order valence-corrected chi connectivity index (χ3v) is 3.71. The number of benzene rings is 1. The molecule has 1 fully saturated rings. The lowest BCUT2D eigenvalue weighted by molar-refractivity contribution is 0.100. The number of nitrogen functional groups attached to an aromatic ring is 1. The predicted molar refractivity (Wildman–Crippen MR) is 76.1 cm³/mol. The maximum atomic E-state index is 11.1. The minimum atomic E-state index is -0.469. The fourth-order valence-corrected chi connectivity index (χ4v) is 2.74. The second-order valence-corrected chi connectivity index (χ2v) is 4.99. The van der Waals surface area contributed by atoms with E-state index in [0.29, 0.717) is 17.3 Å². The molecule has 1 saturated heterocycles. The fraction of sp³-hybridized carbons (Fsp3) is 0.500. The number of amides is 1. The Balaban J connectivity index is 2.26. The highest BCUT2D eigenvalue weighted by atomic mass is 16.3. The molecule has 104 valence electrons. The molecular weight excluding hydrogens is 242 g/mol. The Labute approximate surface area is 113 Å². The summed E-state index contributed by atoms with van der Waals surface area (Å²) in [5.41, 5.74) is 13.2. The van der Waals surface area contributed by atoms with Gasteiger partial charge in [-0.15, -0.1) is 0 Å². The highest BCUT2D eigenvalue weighted by Crippen LogP contribution is 2.31. The summed E-state index contributed by atoms with van der Waals surface area (Å²) in [6.07, 6.45) is 4.12. The Bertz CT molecular complexity index is 460. The molecule has 0 aliphatic carbocycles. The number of carbonyl (C=O) groups is 1. The van der Waals surface area contributed by atoms with Gasteiger partial charge in [0.1, 0.15) is 0 Å². The number of piperidine rings is 1. The van der Waals surface area contributed by atoms with Gasteiger partial charge in [0.15, 0.2) is 0 Å². The number of hydrogen-bond donors (Lipinski definition) is 3. The largest absolute Gasteiger partial charge is 0.397 e. The lowest BCUT2D eigenvalue weighted by atomic mass is 9.98. The van der Waals surface area contributed by atoms with Crippen molar-refractivity contribution in [1.29, 1.82) is 0 Å². The first kappa shape index (κ1) is 13.7. The minimum Gasteiger partial charge on any atom is -0.397 e. The standard InChI is InChI=1S/C14H21N3O2/c15-12-9-10(14(16)19)4-5-13(12)17-7-2-1-3-11(17)6-8-18/h4-5,9,11,18H,1-3,6-8,15H2,(H2,16,19). The molecule has 1 aromatic rings. The van der Waals surface area contributed by atoms with Gasteiger partial charge in [-0.05, 0) is 43.9 Å². The third-order valence-electron chi connectivity index (χ3n) is 3.71. The molecule has 5 N–H and O–H groups in total. The number of anilines is 2. The first-order valence-corrected chi connectivity index (χ1v) is 6.70. The van der Waals surface area contributed by atoms with Gasteiger partial charge >= 0.3 is 0 Å². The number of aliphatic hydroxyl groups excluding tert-OH is 1. The number of rotatable bonds is 4. The van der Waals surface area contributed by atoms with Crippen LogP contribution in [0.25, 0.3) is 0 Å². The van der Waals surface area contributed by atoms with E-state index in [0.717, 1.165) is 31.5 Å². The predicted octanol–water partition coefficient (Wildman–Crippen LogP) is 1.11. The van der Waals surface area contributed by atoms with Crippen LogP contribution in [0.15, 0.2) is 18.2 Å². The molecule has 19 heavy (non-hydrogen) atoms. The summed E-state index contributed by atoms with van der Waals surface area (Å²) in [4.78, 5) is 13.4.